The fourth-order valence-corrected chi connectivity index (χ4v) is 2.78. The summed E-state index contributed by atoms with van der Waals surface area (Å²) in [6.45, 7) is 2.38. The molecule has 0 saturated carbocycles. The number of para-hydroxylation sites is 2. The van der Waals surface area contributed by atoms with Gasteiger partial charge in [-0.25, -0.2) is 0 Å². The lowest BCUT2D eigenvalue weighted by Crippen LogP contribution is -2.33. The van der Waals surface area contributed by atoms with Gasteiger partial charge < -0.3 is 15.0 Å². The normalized spacial score (nSPS) is 10.2. The Balaban J connectivity index is 1.56. The zero-order chi connectivity index (χ0) is 19.8. The number of nitrogens with zero attached hydrogens (tertiary/aromatic N) is 1. The van der Waals surface area contributed by atoms with E-state index in [4.69, 9.17) is 4.74 Å². The van der Waals surface area contributed by atoms with E-state index >= 15 is 0 Å². The van der Waals surface area contributed by atoms with Crippen LogP contribution < -0.4 is 15.0 Å². The lowest BCUT2D eigenvalue weighted by molar-refractivity contribution is -0.125. The van der Waals surface area contributed by atoms with Crippen molar-refractivity contribution in [2.24, 2.45) is 0 Å². The maximum Gasteiger partial charge on any atom is 0.236 e. The molecule has 0 aromatic heterocycles. The van der Waals surface area contributed by atoms with Crippen LogP contribution in [0.3, 0.4) is 0 Å². The van der Waals surface area contributed by atoms with Gasteiger partial charge in [-0.3, -0.25) is 9.59 Å². The Labute approximate surface area is 164 Å². The Kier molecular flexibility index (Phi) is 6.41. The maximum absolute atomic E-state index is 12.5. The second kappa shape index (κ2) is 9.37. The third-order valence-corrected chi connectivity index (χ3v) is 4.11. The van der Waals surface area contributed by atoms with Crippen molar-refractivity contribution in [1.29, 1.82) is 0 Å². The van der Waals surface area contributed by atoms with E-state index in [-0.39, 0.29) is 18.2 Å². The molecule has 0 unspecified atom stereocenters. The van der Waals surface area contributed by atoms with Crippen LogP contribution in [0, 0.1) is 0 Å². The number of anilines is 2. The van der Waals surface area contributed by atoms with E-state index in [1.165, 1.54) is 0 Å². The first kappa shape index (κ1) is 19.2. The van der Waals surface area contributed by atoms with Crippen LogP contribution in [0.1, 0.15) is 13.3 Å². The Bertz CT molecular complexity index is 910. The summed E-state index contributed by atoms with van der Waals surface area (Å²) in [6.07, 6.45) is -0.217. The molecule has 0 fully saturated rings. The zero-order valence-electron chi connectivity index (χ0n) is 15.7. The number of hydrogen-bond acceptors (Lipinski definition) is 3. The number of rotatable bonds is 7. The first-order chi connectivity index (χ1) is 13.7. The highest BCUT2D eigenvalue weighted by Gasteiger charge is 2.17. The van der Waals surface area contributed by atoms with E-state index in [1.54, 1.807) is 29.2 Å². The number of carbonyl (C=O) groups excluding carboxylic acids is 2. The molecule has 0 radical (unpaired) electrons. The summed E-state index contributed by atoms with van der Waals surface area (Å²) in [5.74, 6) is 0.818. The third kappa shape index (κ3) is 5.20. The Morgan fingerprint density at radius 3 is 2.00 bits per heavy atom. The van der Waals surface area contributed by atoms with Crippen LogP contribution in [0.2, 0.25) is 0 Å². The van der Waals surface area contributed by atoms with Crippen molar-refractivity contribution in [3.05, 3.63) is 84.9 Å². The highest BCUT2D eigenvalue weighted by atomic mass is 16.5. The zero-order valence-corrected chi connectivity index (χ0v) is 15.7. The largest absolute Gasteiger partial charge is 0.457 e. The van der Waals surface area contributed by atoms with Crippen LogP contribution >= 0.6 is 0 Å². The molecule has 0 aliphatic heterocycles. The first-order valence-electron chi connectivity index (χ1n) is 9.14. The van der Waals surface area contributed by atoms with Gasteiger partial charge in [0.2, 0.25) is 11.8 Å². The molecule has 0 saturated heterocycles. The van der Waals surface area contributed by atoms with Crippen molar-refractivity contribution in [2.45, 2.75) is 13.3 Å². The average Bonchev–Trinajstić information content (AvgIpc) is 2.71. The van der Waals surface area contributed by atoms with Crippen LogP contribution in [0.5, 0.6) is 11.5 Å². The minimum atomic E-state index is -0.351. The smallest absolute Gasteiger partial charge is 0.236 e. The van der Waals surface area contributed by atoms with Crippen molar-refractivity contribution >= 4 is 23.2 Å². The van der Waals surface area contributed by atoms with Gasteiger partial charge in [0.25, 0.3) is 0 Å². The lowest BCUT2D eigenvalue weighted by Gasteiger charge is -2.20. The molecular weight excluding hydrogens is 352 g/mol. The molecule has 0 aliphatic carbocycles. The molecule has 3 rings (SSSR count). The van der Waals surface area contributed by atoms with E-state index in [0.29, 0.717) is 18.0 Å². The van der Waals surface area contributed by atoms with Gasteiger partial charge >= 0.3 is 0 Å². The number of ether oxygens (including phenoxy) is 1. The highest BCUT2D eigenvalue weighted by molar-refractivity contribution is 6.09. The molecule has 3 aromatic rings. The van der Waals surface area contributed by atoms with Crippen molar-refractivity contribution < 1.29 is 14.3 Å². The number of benzene rings is 3. The summed E-state index contributed by atoms with van der Waals surface area (Å²) in [6, 6.07) is 25.8. The second-order valence-electron chi connectivity index (χ2n) is 6.14. The SMILES string of the molecule is CCN(C(=O)CC(=O)Nc1ccc(Oc2ccccc2)cc1)c1ccccc1. The summed E-state index contributed by atoms with van der Waals surface area (Å²) in [4.78, 5) is 26.3. The Morgan fingerprint density at radius 2 is 1.39 bits per heavy atom. The Hall–Kier alpha value is -3.60. The summed E-state index contributed by atoms with van der Waals surface area (Å²) in [5.41, 5.74) is 1.39. The van der Waals surface area contributed by atoms with Gasteiger partial charge in [0.15, 0.2) is 0 Å². The molecule has 0 spiro atoms. The minimum absolute atomic E-state index is 0.217. The summed E-state index contributed by atoms with van der Waals surface area (Å²) in [7, 11) is 0. The first-order valence-corrected chi connectivity index (χ1v) is 9.14. The fraction of sp³-hybridized carbons (Fsp3) is 0.130. The van der Waals surface area contributed by atoms with Crippen LogP contribution in [-0.4, -0.2) is 18.4 Å². The van der Waals surface area contributed by atoms with Crippen molar-refractivity contribution in [1.82, 2.24) is 0 Å². The maximum atomic E-state index is 12.5. The van der Waals surface area contributed by atoms with E-state index in [9.17, 15) is 9.59 Å². The van der Waals surface area contributed by atoms with Gasteiger partial charge in [-0.1, -0.05) is 36.4 Å². The third-order valence-electron chi connectivity index (χ3n) is 4.11. The topological polar surface area (TPSA) is 58.6 Å². The van der Waals surface area contributed by atoms with Crippen molar-refractivity contribution in [2.75, 3.05) is 16.8 Å². The second-order valence-corrected chi connectivity index (χ2v) is 6.14. The van der Waals surface area contributed by atoms with Gasteiger partial charge in [0, 0.05) is 17.9 Å². The van der Waals surface area contributed by atoms with E-state index < -0.39 is 0 Å². The molecule has 28 heavy (non-hydrogen) atoms. The van der Waals surface area contributed by atoms with Gasteiger partial charge in [-0.05, 0) is 55.5 Å². The van der Waals surface area contributed by atoms with Crippen LogP contribution in [-0.2, 0) is 9.59 Å². The fourth-order valence-electron chi connectivity index (χ4n) is 2.78. The van der Waals surface area contributed by atoms with E-state index in [0.717, 1.165) is 11.4 Å². The number of carbonyl (C=O) groups is 2. The monoisotopic (exact) mass is 374 g/mol. The van der Waals surface area contributed by atoms with Gasteiger partial charge in [0.1, 0.15) is 17.9 Å². The average molecular weight is 374 g/mol. The van der Waals surface area contributed by atoms with Crippen molar-refractivity contribution in [3.8, 4) is 11.5 Å². The molecular formula is C23H22N2O3. The predicted molar refractivity (Wildman–Crippen MR) is 111 cm³/mol. The molecule has 5 nitrogen and oxygen atoms in total. The van der Waals surface area contributed by atoms with Crippen molar-refractivity contribution in [3.63, 3.8) is 0 Å². The minimum Gasteiger partial charge on any atom is -0.457 e. The number of hydrogen-bond donors (Lipinski definition) is 1. The molecule has 2 amide bonds. The van der Waals surface area contributed by atoms with Crippen LogP contribution in [0.4, 0.5) is 11.4 Å². The van der Waals surface area contributed by atoms with Gasteiger partial charge in [-0.2, -0.15) is 0 Å². The van der Waals surface area contributed by atoms with Crippen LogP contribution in [0.15, 0.2) is 84.9 Å². The summed E-state index contributed by atoms with van der Waals surface area (Å²) >= 11 is 0. The molecule has 142 valence electrons. The molecule has 0 atom stereocenters. The predicted octanol–water partition coefficient (Wildman–Crippen LogP) is 4.86. The quantitative estimate of drug-likeness (QED) is 0.601. The summed E-state index contributed by atoms with van der Waals surface area (Å²) in [5, 5.41) is 2.75. The molecule has 0 bridgehead atoms. The van der Waals surface area contributed by atoms with E-state index in [2.05, 4.69) is 5.32 Å². The number of amides is 2. The highest BCUT2D eigenvalue weighted by Crippen LogP contribution is 2.22. The van der Waals surface area contributed by atoms with E-state index in [1.807, 2.05) is 67.6 Å². The Morgan fingerprint density at radius 1 is 0.821 bits per heavy atom. The standard InChI is InChI=1S/C23H22N2O3/c1-2-25(19-9-5-3-6-10-19)23(27)17-22(26)24-18-13-15-21(16-14-18)28-20-11-7-4-8-12-20/h3-16H,2,17H2,1H3,(H,24,26). The molecule has 0 heterocycles. The molecule has 3 aromatic carbocycles. The lowest BCUT2D eigenvalue weighted by atomic mass is 10.2. The van der Waals surface area contributed by atoms with Gasteiger partial charge in [0.05, 0.1) is 0 Å². The molecule has 1 N–H and O–H groups in total. The molecule has 5 heteroatoms. The molecule has 0 aliphatic rings. The number of nitrogens with one attached hydrogen (secondary N) is 1. The van der Waals surface area contributed by atoms with Crippen LogP contribution in [0.25, 0.3) is 0 Å². The van der Waals surface area contributed by atoms with Gasteiger partial charge in [-0.15, -0.1) is 0 Å². The summed E-state index contributed by atoms with van der Waals surface area (Å²) < 4.78 is 5.72.